The summed E-state index contributed by atoms with van der Waals surface area (Å²) in [5, 5.41) is 12.4. The van der Waals surface area contributed by atoms with E-state index in [4.69, 9.17) is 11.6 Å². The van der Waals surface area contributed by atoms with Crippen LogP contribution >= 0.6 is 11.6 Å². The van der Waals surface area contributed by atoms with Gasteiger partial charge >= 0.3 is 6.18 Å². The first kappa shape index (κ1) is 15.2. The number of nitrogens with zero attached hydrogens (tertiary/aromatic N) is 1. The first-order valence-electron chi connectivity index (χ1n) is 4.99. The van der Waals surface area contributed by atoms with Gasteiger partial charge in [0.25, 0.3) is 11.6 Å². The van der Waals surface area contributed by atoms with Gasteiger partial charge in [-0.25, -0.2) is 0 Å². The summed E-state index contributed by atoms with van der Waals surface area (Å²) < 4.78 is 35.6. The average molecular weight is 297 g/mol. The third kappa shape index (κ3) is 4.74. The highest BCUT2D eigenvalue weighted by atomic mass is 35.5. The second kappa shape index (κ2) is 5.87. The molecule has 1 aromatic rings. The molecule has 9 heteroatoms. The Balaban J connectivity index is 2.73. The number of nitro groups is 1. The topological polar surface area (TPSA) is 72.2 Å². The summed E-state index contributed by atoms with van der Waals surface area (Å²) in [7, 11) is 0. The van der Waals surface area contributed by atoms with Gasteiger partial charge in [-0.2, -0.15) is 13.2 Å². The van der Waals surface area contributed by atoms with Gasteiger partial charge in [0.1, 0.15) is 5.02 Å². The molecule has 0 heterocycles. The molecule has 0 aromatic heterocycles. The maximum atomic E-state index is 11.9. The molecule has 19 heavy (non-hydrogen) atoms. The van der Waals surface area contributed by atoms with Crippen LogP contribution in [0.5, 0.6) is 0 Å². The van der Waals surface area contributed by atoms with Crippen LogP contribution in [-0.2, 0) is 0 Å². The molecule has 0 unspecified atom stereocenters. The normalized spacial score (nSPS) is 11.2. The molecule has 0 aliphatic carbocycles. The number of nitro benzene ring substituents is 1. The summed E-state index contributed by atoms with van der Waals surface area (Å²) in [5.74, 6) is -0.830. The lowest BCUT2D eigenvalue weighted by Gasteiger charge is -2.08. The smallest absolute Gasteiger partial charge is 0.352 e. The van der Waals surface area contributed by atoms with Crippen LogP contribution in [0.2, 0.25) is 5.02 Å². The zero-order valence-corrected chi connectivity index (χ0v) is 10.1. The Labute approximate surface area is 110 Å². The summed E-state index contributed by atoms with van der Waals surface area (Å²) in [4.78, 5) is 21.3. The number of rotatable bonds is 4. The van der Waals surface area contributed by atoms with E-state index in [2.05, 4.69) is 0 Å². The van der Waals surface area contributed by atoms with E-state index in [9.17, 15) is 28.1 Å². The Morgan fingerprint density at radius 1 is 1.42 bits per heavy atom. The van der Waals surface area contributed by atoms with Gasteiger partial charge in [-0.05, 0) is 12.1 Å². The zero-order chi connectivity index (χ0) is 14.6. The molecule has 1 amide bonds. The number of hydrogen-bond acceptors (Lipinski definition) is 3. The number of carbonyl (C=O) groups excluding carboxylic acids is 1. The van der Waals surface area contributed by atoms with E-state index in [0.717, 1.165) is 12.1 Å². The third-order valence-electron chi connectivity index (χ3n) is 2.10. The van der Waals surface area contributed by atoms with Crippen molar-refractivity contribution in [2.75, 3.05) is 6.54 Å². The van der Waals surface area contributed by atoms with Crippen LogP contribution in [0.1, 0.15) is 16.8 Å². The predicted molar refractivity (Wildman–Crippen MR) is 61.1 cm³/mol. The Hall–Kier alpha value is -1.83. The molecular weight excluding hydrogens is 289 g/mol. The molecule has 0 radical (unpaired) electrons. The number of amides is 1. The van der Waals surface area contributed by atoms with Crippen LogP contribution in [0.3, 0.4) is 0 Å². The average Bonchev–Trinajstić information content (AvgIpc) is 2.27. The van der Waals surface area contributed by atoms with E-state index >= 15 is 0 Å². The van der Waals surface area contributed by atoms with Gasteiger partial charge < -0.3 is 5.32 Å². The van der Waals surface area contributed by atoms with Crippen molar-refractivity contribution in [3.63, 3.8) is 0 Å². The minimum Gasteiger partial charge on any atom is -0.352 e. The number of alkyl halides is 3. The Bertz CT molecular complexity index is 505. The van der Waals surface area contributed by atoms with Crippen molar-refractivity contribution in [1.82, 2.24) is 5.32 Å². The fourth-order valence-corrected chi connectivity index (χ4v) is 1.40. The molecule has 0 bridgehead atoms. The summed E-state index contributed by atoms with van der Waals surface area (Å²) in [5.41, 5.74) is -0.608. The molecule has 104 valence electrons. The summed E-state index contributed by atoms with van der Waals surface area (Å²) in [6, 6.07) is 3.24. The molecule has 0 spiro atoms. The van der Waals surface area contributed by atoms with Crippen molar-refractivity contribution in [1.29, 1.82) is 0 Å². The summed E-state index contributed by atoms with van der Waals surface area (Å²) in [6.45, 7) is -0.598. The minimum absolute atomic E-state index is 0.127. The van der Waals surface area contributed by atoms with Crippen molar-refractivity contribution in [2.45, 2.75) is 12.6 Å². The summed E-state index contributed by atoms with van der Waals surface area (Å²) >= 11 is 5.54. The zero-order valence-electron chi connectivity index (χ0n) is 9.33. The van der Waals surface area contributed by atoms with E-state index in [1.165, 1.54) is 6.07 Å². The SMILES string of the molecule is O=C(NCCC(F)(F)F)c1ccc(Cl)c([N+](=O)[O-])c1. The second-order valence-corrected chi connectivity index (χ2v) is 3.95. The minimum atomic E-state index is -4.38. The van der Waals surface area contributed by atoms with Crippen LogP contribution in [-0.4, -0.2) is 23.6 Å². The lowest BCUT2D eigenvalue weighted by molar-refractivity contribution is -0.384. The second-order valence-electron chi connectivity index (χ2n) is 3.54. The van der Waals surface area contributed by atoms with E-state index in [1.54, 1.807) is 0 Å². The lowest BCUT2D eigenvalue weighted by Crippen LogP contribution is -2.27. The number of carbonyl (C=O) groups is 1. The maximum absolute atomic E-state index is 11.9. The van der Waals surface area contributed by atoms with Crippen LogP contribution in [0, 0.1) is 10.1 Å². The molecule has 0 aliphatic rings. The number of nitrogens with one attached hydrogen (secondary N) is 1. The molecule has 0 fully saturated rings. The largest absolute Gasteiger partial charge is 0.390 e. The van der Waals surface area contributed by atoms with E-state index in [0.29, 0.717) is 0 Å². The number of hydrogen-bond donors (Lipinski definition) is 1. The molecule has 0 saturated heterocycles. The predicted octanol–water partition coefficient (Wildman–Crippen LogP) is 2.93. The van der Waals surface area contributed by atoms with Crippen LogP contribution in [0.4, 0.5) is 18.9 Å². The lowest BCUT2D eigenvalue weighted by atomic mass is 10.2. The third-order valence-corrected chi connectivity index (χ3v) is 2.42. The molecule has 0 saturated carbocycles. The first-order chi connectivity index (χ1) is 8.70. The number of halogens is 4. The van der Waals surface area contributed by atoms with Gasteiger partial charge in [0.2, 0.25) is 0 Å². The standard InChI is InChI=1S/C10H8ClF3N2O3/c11-7-2-1-6(5-8(7)16(18)19)9(17)15-4-3-10(12,13)14/h1-2,5H,3-4H2,(H,15,17). The number of benzene rings is 1. The quantitative estimate of drug-likeness (QED) is 0.686. The van der Waals surface area contributed by atoms with Gasteiger partial charge in [0.15, 0.2) is 0 Å². The van der Waals surface area contributed by atoms with Crippen LogP contribution < -0.4 is 5.32 Å². The Morgan fingerprint density at radius 2 is 2.05 bits per heavy atom. The van der Waals surface area contributed by atoms with E-state index in [1.807, 2.05) is 5.32 Å². The van der Waals surface area contributed by atoms with Crippen molar-refractivity contribution in [3.05, 3.63) is 38.9 Å². The Morgan fingerprint density at radius 3 is 2.58 bits per heavy atom. The van der Waals surface area contributed by atoms with Gasteiger partial charge in [0, 0.05) is 18.2 Å². The maximum Gasteiger partial charge on any atom is 0.390 e. The fourth-order valence-electron chi connectivity index (χ4n) is 1.21. The van der Waals surface area contributed by atoms with Gasteiger partial charge in [0.05, 0.1) is 11.3 Å². The molecule has 0 aliphatic heterocycles. The van der Waals surface area contributed by atoms with E-state index < -0.39 is 35.7 Å². The fraction of sp³-hybridized carbons (Fsp3) is 0.300. The van der Waals surface area contributed by atoms with Crippen molar-refractivity contribution >= 4 is 23.2 Å². The first-order valence-corrected chi connectivity index (χ1v) is 5.37. The van der Waals surface area contributed by atoms with Gasteiger partial charge in [-0.3, -0.25) is 14.9 Å². The Kier molecular flexibility index (Phi) is 4.71. The molecule has 1 aromatic carbocycles. The molecule has 0 atom stereocenters. The molecule has 5 nitrogen and oxygen atoms in total. The van der Waals surface area contributed by atoms with E-state index in [-0.39, 0.29) is 10.6 Å². The highest BCUT2D eigenvalue weighted by molar-refractivity contribution is 6.32. The molecular formula is C10H8ClF3N2O3. The molecule has 1 rings (SSSR count). The van der Waals surface area contributed by atoms with Crippen molar-refractivity contribution < 1.29 is 22.9 Å². The van der Waals surface area contributed by atoms with Crippen molar-refractivity contribution in [3.8, 4) is 0 Å². The van der Waals surface area contributed by atoms with Crippen LogP contribution in [0.15, 0.2) is 18.2 Å². The van der Waals surface area contributed by atoms with Gasteiger partial charge in [-0.1, -0.05) is 11.6 Å². The summed E-state index contributed by atoms with van der Waals surface area (Å²) in [6.07, 6.45) is -5.55. The highest BCUT2D eigenvalue weighted by Gasteiger charge is 2.26. The monoisotopic (exact) mass is 296 g/mol. The molecule has 1 N–H and O–H groups in total. The van der Waals surface area contributed by atoms with Gasteiger partial charge in [-0.15, -0.1) is 0 Å². The van der Waals surface area contributed by atoms with Crippen LogP contribution in [0.25, 0.3) is 0 Å². The highest BCUT2D eigenvalue weighted by Crippen LogP contribution is 2.25. The van der Waals surface area contributed by atoms with Crippen molar-refractivity contribution in [2.24, 2.45) is 0 Å².